The first-order chi connectivity index (χ1) is 8.37. The largest absolute Gasteiger partial charge is 0.481 e. The molecule has 0 bridgehead atoms. The molecule has 0 amide bonds. The zero-order chi connectivity index (χ0) is 14.2. The third-order valence-electron chi connectivity index (χ3n) is 3.65. The molecule has 3 nitrogen and oxygen atoms in total. The summed E-state index contributed by atoms with van der Waals surface area (Å²) in [5.74, 6) is -0.662. The van der Waals surface area contributed by atoms with Crippen molar-refractivity contribution >= 4 is 5.97 Å². The van der Waals surface area contributed by atoms with Gasteiger partial charge in [-0.25, -0.2) is 0 Å². The quantitative estimate of drug-likeness (QED) is 0.605. The van der Waals surface area contributed by atoms with Crippen molar-refractivity contribution in [1.82, 2.24) is 4.90 Å². The van der Waals surface area contributed by atoms with E-state index in [0.717, 1.165) is 25.8 Å². The highest BCUT2D eigenvalue weighted by Gasteiger charge is 2.34. The van der Waals surface area contributed by atoms with Gasteiger partial charge in [0.15, 0.2) is 0 Å². The molecule has 0 fully saturated rings. The van der Waals surface area contributed by atoms with Gasteiger partial charge >= 0.3 is 5.97 Å². The topological polar surface area (TPSA) is 40.5 Å². The smallest absolute Gasteiger partial charge is 0.310 e. The summed E-state index contributed by atoms with van der Waals surface area (Å²) in [4.78, 5) is 13.8. The van der Waals surface area contributed by atoms with Gasteiger partial charge in [0.05, 0.1) is 5.41 Å². The van der Waals surface area contributed by atoms with Crippen LogP contribution in [0.15, 0.2) is 0 Å². The number of hydrogen-bond donors (Lipinski definition) is 1. The number of carboxylic acids is 1. The van der Waals surface area contributed by atoms with Crippen molar-refractivity contribution in [2.75, 3.05) is 13.1 Å². The molecule has 108 valence electrons. The predicted molar refractivity (Wildman–Crippen MR) is 76.9 cm³/mol. The van der Waals surface area contributed by atoms with Crippen LogP contribution in [0.25, 0.3) is 0 Å². The SMILES string of the molecule is CCCCCN(CC(C)(CCC)C(=O)O)C(C)C. The molecule has 0 aliphatic rings. The molecule has 1 atom stereocenters. The zero-order valence-electron chi connectivity index (χ0n) is 12.8. The Bertz CT molecular complexity index is 241. The van der Waals surface area contributed by atoms with E-state index in [1.165, 1.54) is 12.8 Å². The van der Waals surface area contributed by atoms with Crippen LogP contribution in [0.2, 0.25) is 0 Å². The lowest BCUT2D eigenvalue weighted by Gasteiger charge is -2.35. The molecule has 0 aromatic rings. The van der Waals surface area contributed by atoms with Crippen molar-refractivity contribution in [3.05, 3.63) is 0 Å². The molecule has 0 saturated heterocycles. The van der Waals surface area contributed by atoms with Crippen LogP contribution in [0.3, 0.4) is 0 Å². The number of rotatable bonds is 10. The second-order valence-corrected chi connectivity index (χ2v) is 5.89. The van der Waals surface area contributed by atoms with E-state index in [4.69, 9.17) is 0 Å². The van der Waals surface area contributed by atoms with Gasteiger partial charge in [0.1, 0.15) is 0 Å². The summed E-state index contributed by atoms with van der Waals surface area (Å²) in [6.07, 6.45) is 5.26. The molecule has 0 aromatic carbocycles. The minimum Gasteiger partial charge on any atom is -0.481 e. The Labute approximate surface area is 113 Å². The maximum absolute atomic E-state index is 11.5. The predicted octanol–water partition coefficient (Wildman–Crippen LogP) is 3.78. The fraction of sp³-hybridized carbons (Fsp3) is 0.933. The lowest BCUT2D eigenvalue weighted by atomic mass is 9.84. The molecule has 3 heteroatoms. The van der Waals surface area contributed by atoms with Crippen molar-refractivity contribution in [1.29, 1.82) is 0 Å². The van der Waals surface area contributed by atoms with Gasteiger partial charge in [0.2, 0.25) is 0 Å². The van der Waals surface area contributed by atoms with Crippen LogP contribution in [-0.4, -0.2) is 35.1 Å². The summed E-state index contributed by atoms with van der Waals surface area (Å²) in [7, 11) is 0. The van der Waals surface area contributed by atoms with Crippen molar-refractivity contribution in [3.63, 3.8) is 0 Å². The van der Waals surface area contributed by atoms with Crippen molar-refractivity contribution < 1.29 is 9.90 Å². The molecule has 0 rings (SSSR count). The number of hydrogen-bond acceptors (Lipinski definition) is 2. The first-order valence-corrected chi connectivity index (χ1v) is 7.34. The van der Waals surface area contributed by atoms with Crippen LogP contribution in [0.4, 0.5) is 0 Å². The molecule has 0 aromatic heterocycles. The van der Waals surface area contributed by atoms with E-state index < -0.39 is 11.4 Å². The van der Waals surface area contributed by atoms with E-state index in [1.54, 1.807) is 0 Å². The Hall–Kier alpha value is -0.570. The van der Waals surface area contributed by atoms with Gasteiger partial charge in [-0.15, -0.1) is 0 Å². The molecule has 0 spiro atoms. The van der Waals surface area contributed by atoms with E-state index >= 15 is 0 Å². The van der Waals surface area contributed by atoms with E-state index in [9.17, 15) is 9.90 Å². The van der Waals surface area contributed by atoms with Gasteiger partial charge in [-0.3, -0.25) is 9.69 Å². The fourth-order valence-corrected chi connectivity index (χ4v) is 2.34. The standard InChI is InChI=1S/C15H31NO2/c1-6-8-9-11-16(13(3)4)12-15(5,10-7-2)14(17)18/h13H,6-12H2,1-5H3,(H,17,18). The average molecular weight is 257 g/mol. The Morgan fingerprint density at radius 2 is 1.83 bits per heavy atom. The van der Waals surface area contributed by atoms with Gasteiger partial charge in [-0.2, -0.15) is 0 Å². The highest BCUT2D eigenvalue weighted by atomic mass is 16.4. The first-order valence-electron chi connectivity index (χ1n) is 7.34. The molecule has 0 radical (unpaired) electrons. The monoisotopic (exact) mass is 257 g/mol. The molecule has 0 heterocycles. The number of aliphatic carboxylic acids is 1. The van der Waals surface area contributed by atoms with Crippen LogP contribution in [-0.2, 0) is 4.79 Å². The normalized spacial score (nSPS) is 15.1. The van der Waals surface area contributed by atoms with Crippen molar-refractivity contribution in [3.8, 4) is 0 Å². The summed E-state index contributed by atoms with van der Waals surface area (Å²) in [5, 5.41) is 9.44. The Morgan fingerprint density at radius 1 is 1.22 bits per heavy atom. The zero-order valence-corrected chi connectivity index (χ0v) is 12.8. The minimum atomic E-state index is -0.662. The molecule has 1 N–H and O–H groups in total. The molecular formula is C15H31NO2. The van der Waals surface area contributed by atoms with Crippen LogP contribution in [0.1, 0.15) is 66.7 Å². The van der Waals surface area contributed by atoms with E-state index in [0.29, 0.717) is 12.6 Å². The highest BCUT2D eigenvalue weighted by Crippen LogP contribution is 2.26. The van der Waals surface area contributed by atoms with Crippen LogP contribution >= 0.6 is 0 Å². The second kappa shape index (κ2) is 8.52. The molecular weight excluding hydrogens is 226 g/mol. The fourth-order valence-electron chi connectivity index (χ4n) is 2.34. The van der Waals surface area contributed by atoms with E-state index in [-0.39, 0.29) is 0 Å². The van der Waals surface area contributed by atoms with Crippen molar-refractivity contribution in [2.24, 2.45) is 5.41 Å². The Balaban J connectivity index is 4.56. The molecule has 18 heavy (non-hydrogen) atoms. The molecule has 0 aliphatic heterocycles. The molecule has 0 saturated carbocycles. The summed E-state index contributed by atoms with van der Waals surface area (Å²) >= 11 is 0. The Morgan fingerprint density at radius 3 is 2.22 bits per heavy atom. The van der Waals surface area contributed by atoms with Gasteiger partial charge in [0, 0.05) is 12.6 Å². The number of carbonyl (C=O) groups is 1. The van der Waals surface area contributed by atoms with Gasteiger partial charge in [-0.05, 0) is 40.2 Å². The molecule has 1 unspecified atom stereocenters. The summed E-state index contributed by atoms with van der Waals surface area (Å²) in [6.45, 7) is 12.1. The number of unbranched alkanes of at least 4 members (excludes halogenated alkanes) is 2. The van der Waals surface area contributed by atoms with Crippen LogP contribution < -0.4 is 0 Å². The number of nitrogens with zero attached hydrogens (tertiary/aromatic N) is 1. The van der Waals surface area contributed by atoms with Crippen LogP contribution in [0, 0.1) is 5.41 Å². The number of carboxylic acid groups (broad SMARTS) is 1. The third-order valence-corrected chi connectivity index (χ3v) is 3.65. The highest BCUT2D eigenvalue weighted by molar-refractivity contribution is 5.74. The maximum atomic E-state index is 11.5. The minimum absolute atomic E-state index is 0.414. The summed E-state index contributed by atoms with van der Waals surface area (Å²) in [5.41, 5.74) is -0.606. The van der Waals surface area contributed by atoms with Gasteiger partial charge in [-0.1, -0.05) is 33.1 Å². The summed E-state index contributed by atoms with van der Waals surface area (Å²) < 4.78 is 0. The van der Waals surface area contributed by atoms with Gasteiger partial charge in [0.25, 0.3) is 0 Å². The van der Waals surface area contributed by atoms with E-state index in [2.05, 4.69) is 32.6 Å². The third kappa shape index (κ3) is 5.85. The average Bonchev–Trinajstić information content (AvgIpc) is 2.28. The second-order valence-electron chi connectivity index (χ2n) is 5.89. The molecule has 0 aliphatic carbocycles. The Kier molecular flexibility index (Phi) is 8.25. The summed E-state index contributed by atoms with van der Waals surface area (Å²) in [6, 6.07) is 0.414. The maximum Gasteiger partial charge on any atom is 0.310 e. The van der Waals surface area contributed by atoms with Crippen LogP contribution in [0.5, 0.6) is 0 Å². The van der Waals surface area contributed by atoms with Crippen molar-refractivity contribution in [2.45, 2.75) is 72.8 Å². The lowest BCUT2D eigenvalue weighted by Crippen LogP contribution is -2.44. The van der Waals surface area contributed by atoms with Gasteiger partial charge < -0.3 is 5.11 Å². The first kappa shape index (κ1) is 17.4. The lowest BCUT2D eigenvalue weighted by molar-refractivity contribution is -0.150. The van der Waals surface area contributed by atoms with E-state index in [1.807, 2.05) is 6.92 Å².